The van der Waals surface area contributed by atoms with Crippen LogP contribution < -0.4 is 10.1 Å². The van der Waals surface area contributed by atoms with Gasteiger partial charge in [-0.1, -0.05) is 81.1 Å². The lowest BCUT2D eigenvalue weighted by molar-refractivity contribution is -0.113. The molecule has 0 bridgehead atoms. The summed E-state index contributed by atoms with van der Waals surface area (Å²) >= 11 is 1.41. The Morgan fingerprint density at radius 3 is 2.34 bits per heavy atom. The third-order valence-corrected chi connectivity index (χ3v) is 7.09. The van der Waals surface area contributed by atoms with Crippen molar-refractivity contribution in [2.45, 2.75) is 31.2 Å². The number of hydrogen-bond acceptors (Lipinski definition) is 5. The third kappa shape index (κ3) is 5.58. The van der Waals surface area contributed by atoms with Crippen LogP contribution in [0.25, 0.3) is 27.7 Å². The Hall–Kier alpha value is -4.10. The van der Waals surface area contributed by atoms with E-state index in [4.69, 9.17) is 14.8 Å². The molecule has 0 atom stereocenters. The van der Waals surface area contributed by atoms with Gasteiger partial charge >= 0.3 is 0 Å². The molecule has 38 heavy (non-hydrogen) atoms. The molecule has 0 spiro atoms. The third-order valence-electron chi connectivity index (χ3n) is 6.18. The van der Waals surface area contributed by atoms with E-state index in [9.17, 15) is 4.79 Å². The van der Waals surface area contributed by atoms with Crippen LogP contribution in [0.5, 0.6) is 5.75 Å². The number of nitrogens with one attached hydrogen (secondary N) is 1. The van der Waals surface area contributed by atoms with Crippen LogP contribution in [-0.2, 0) is 10.2 Å². The van der Waals surface area contributed by atoms with Crippen LogP contribution in [0, 0.1) is 0 Å². The van der Waals surface area contributed by atoms with E-state index in [2.05, 4.69) is 38.2 Å². The second kappa shape index (κ2) is 10.7. The maximum atomic E-state index is 13.1. The zero-order chi connectivity index (χ0) is 26.7. The monoisotopic (exact) mass is 522 g/mol. The molecule has 0 aliphatic carbocycles. The lowest BCUT2D eigenvalue weighted by Gasteiger charge is -2.14. The van der Waals surface area contributed by atoms with Gasteiger partial charge in [0.15, 0.2) is 0 Å². The number of fused-ring (bicyclic) bond motifs is 1. The summed E-state index contributed by atoms with van der Waals surface area (Å²) in [4.78, 5) is 18.0. The number of ether oxygens (including phenoxy) is 1. The van der Waals surface area contributed by atoms with Crippen LogP contribution in [-0.4, -0.2) is 33.5 Å². The lowest BCUT2D eigenvalue weighted by atomic mass is 9.92. The van der Waals surface area contributed by atoms with E-state index >= 15 is 0 Å². The van der Waals surface area contributed by atoms with Crippen molar-refractivity contribution in [1.82, 2.24) is 14.8 Å². The first-order valence-electron chi connectivity index (χ1n) is 12.4. The predicted octanol–water partition coefficient (Wildman–Crippen LogP) is 7.12. The van der Waals surface area contributed by atoms with Crippen LogP contribution in [0.3, 0.4) is 0 Å². The average molecular weight is 523 g/mol. The van der Waals surface area contributed by atoms with Crippen LogP contribution in [0.2, 0.25) is 0 Å². The molecular formula is C31H30N4O2S. The quantitative estimate of drug-likeness (QED) is 0.230. The second-order valence-electron chi connectivity index (χ2n) is 10.0. The fourth-order valence-electron chi connectivity index (χ4n) is 4.16. The maximum absolute atomic E-state index is 13.1. The molecule has 5 rings (SSSR count). The molecule has 0 aliphatic rings. The van der Waals surface area contributed by atoms with Crippen molar-refractivity contribution in [3.8, 4) is 22.6 Å². The molecule has 0 saturated carbocycles. The molecule has 6 nitrogen and oxygen atoms in total. The van der Waals surface area contributed by atoms with Gasteiger partial charge in [-0.05, 0) is 41.5 Å². The summed E-state index contributed by atoms with van der Waals surface area (Å²) in [6.07, 6.45) is 0. The van der Waals surface area contributed by atoms with Gasteiger partial charge in [-0.15, -0.1) is 0 Å². The van der Waals surface area contributed by atoms with Gasteiger partial charge in [0.25, 0.3) is 0 Å². The van der Waals surface area contributed by atoms with Crippen LogP contribution in [0.4, 0.5) is 5.82 Å². The summed E-state index contributed by atoms with van der Waals surface area (Å²) in [5, 5.41) is 9.66. The highest BCUT2D eigenvalue weighted by molar-refractivity contribution is 7.99. The predicted molar refractivity (Wildman–Crippen MR) is 155 cm³/mol. The highest BCUT2D eigenvalue weighted by Crippen LogP contribution is 2.33. The Labute approximate surface area is 227 Å². The van der Waals surface area contributed by atoms with Crippen molar-refractivity contribution in [2.75, 3.05) is 18.2 Å². The molecule has 0 radical (unpaired) electrons. The first-order chi connectivity index (χ1) is 18.3. The molecule has 3 aromatic carbocycles. The number of thioether (sulfide) groups is 1. The number of carbonyl (C=O) groups excluding carboxylic acids is 1. The van der Waals surface area contributed by atoms with Crippen molar-refractivity contribution >= 4 is 34.4 Å². The highest BCUT2D eigenvalue weighted by Gasteiger charge is 2.21. The van der Waals surface area contributed by atoms with E-state index in [1.54, 1.807) is 11.8 Å². The number of anilines is 1. The molecule has 1 amide bonds. The van der Waals surface area contributed by atoms with Gasteiger partial charge in [0.1, 0.15) is 11.6 Å². The Morgan fingerprint density at radius 1 is 0.947 bits per heavy atom. The Balaban J connectivity index is 1.41. The number of para-hydroxylation sites is 1. The number of rotatable bonds is 7. The van der Waals surface area contributed by atoms with Crippen molar-refractivity contribution in [3.63, 3.8) is 0 Å². The zero-order valence-electron chi connectivity index (χ0n) is 21.9. The molecule has 5 aromatic rings. The molecule has 0 unspecified atom stereocenters. The Bertz CT molecular complexity index is 1570. The number of aromatic nitrogens is 3. The van der Waals surface area contributed by atoms with E-state index < -0.39 is 0 Å². The minimum Gasteiger partial charge on any atom is -0.497 e. The van der Waals surface area contributed by atoms with E-state index in [-0.39, 0.29) is 17.1 Å². The first-order valence-corrected chi connectivity index (χ1v) is 13.4. The summed E-state index contributed by atoms with van der Waals surface area (Å²) in [6.45, 7) is 6.32. The molecule has 7 heteroatoms. The number of carbonyl (C=O) groups is 1. The number of methoxy groups -OCH3 is 1. The fraction of sp³-hybridized carbons (Fsp3) is 0.194. The molecule has 192 valence electrons. The van der Waals surface area contributed by atoms with Crippen molar-refractivity contribution in [2.24, 2.45) is 0 Å². The fourth-order valence-corrected chi connectivity index (χ4v) is 4.88. The SMILES string of the molecule is COc1ccc2c(-c3ccccc3)cc(SCC(=O)Nc3cc(C(C)(C)C)nn3-c3ccccc3)nc2c1. The minimum atomic E-state index is -0.155. The number of benzene rings is 3. The largest absolute Gasteiger partial charge is 0.497 e. The van der Waals surface area contributed by atoms with Crippen LogP contribution in [0.1, 0.15) is 26.5 Å². The molecule has 2 heterocycles. The van der Waals surface area contributed by atoms with Gasteiger partial charge in [-0.2, -0.15) is 5.10 Å². The number of hydrogen-bond donors (Lipinski definition) is 1. The average Bonchev–Trinajstić information content (AvgIpc) is 3.36. The van der Waals surface area contributed by atoms with Gasteiger partial charge in [0.2, 0.25) is 5.91 Å². The maximum Gasteiger partial charge on any atom is 0.235 e. The normalized spacial score (nSPS) is 11.5. The van der Waals surface area contributed by atoms with Crippen molar-refractivity contribution < 1.29 is 9.53 Å². The molecule has 2 aromatic heterocycles. The lowest BCUT2D eigenvalue weighted by Crippen LogP contribution is -2.17. The van der Waals surface area contributed by atoms with Gasteiger partial charge in [-0.25, -0.2) is 9.67 Å². The van der Waals surface area contributed by atoms with E-state index in [1.165, 1.54) is 11.8 Å². The van der Waals surface area contributed by atoms with Gasteiger partial charge < -0.3 is 10.1 Å². The minimum absolute atomic E-state index is 0.124. The topological polar surface area (TPSA) is 69.0 Å². The molecule has 0 saturated heterocycles. The standard InChI is InChI=1S/C31H30N4O2S/c1-31(2,3)27-19-28(35(34-27)22-13-9-6-10-14-22)33-29(36)20-38-30-18-25(21-11-7-5-8-12-21)24-16-15-23(37-4)17-26(24)32-30/h5-19H,20H2,1-4H3,(H,33,36). The molecule has 0 fully saturated rings. The Kier molecular flexibility index (Phi) is 7.20. The Morgan fingerprint density at radius 2 is 1.66 bits per heavy atom. The summed E-state index contributed by atoms with van der Waals surface area (Å²) in [5.74, 6) is 1.48. The zero-order valence-corrected chi connectivity index (χ0v) is 22.8. The highest BCUT2D eigenvalue weighted by atomic mass is 32.2. The molecule has 0 aliphatic heterocycles. The summed E-state index contributed by atoms with van der Waals surface area (Å²) in [6, 6.07) is 29.9. The van der Waals surface area contributed by atoms with Crippen molar-refractivity contribution in [1.29, 1.82) is 0 Å². The van der Waals surface area contributed by atoms with E-state index in [0.29, 0.717) is 5.82 Å². The van der Waals surface area contributed by atoms with Crippen molar-refractivity contribution in [3.05, 3.63) is 96.7 Å². The number of amides is 1. The number of nitrogens with zero attached hydrogens (tertiary/aromatic N) is 3. The van der Waals surface area contributed by atoms with Gasteiger partial charge in [-0.3, -0.25) is 4.79 Å². The molecular weight excluding hydrogens is 492 g/mol. The number of pyridine rings is 1. The van der Waals surface area contributed by atoms with E-state index in [1.807, 2.05) is 78.9 Å². The van der Waals surface area contributed by atoms with Crippen LogP contribution in [0.15, 0.2) is 96.0 Å². The first kappa shape index (κ1) is 25.5. The summed E-state index contributed by atoms with van der Waals surface area (Å²) in [7, 11) is 1.65. The smallest absolute Gasteiger partial charge is 0.235 e. The second-order valence-corrected chi connectivity index (χ2v) is 11.0. The summed E-state index contributed by atoms with van der Waals surface area (Å²) < 4.78 is 7.22. The summed E-state index contributed by atoms with van der Waals surface area (Å²) in [5.41, 5.74) is 4.63. The van der Waals surface area contributed by atoms with Gasteiger partial charge in [0, 0.05) is 22.9 Å². The molecule has 1 N–H and O–H groups in total. The van der Waals surface area contributed by atoms with Crippen LogP contribution >= 0.6 is 11.8 Å². The van der Waals surface area contributed by atoms with E-state index in [0.717, 1.165) is 44.2 Å². The van der Waals surface area contributed by atoms with Gasteiger partial charge in [0.05, 0.1) is 34.8 Å².